The molecule has 0 aliphatic carbocycles. The minimum absolute atomic E-state index is 0.00848. The Balaban J connectivity index is 3.02. The normalized spacial score (nSPS) is 12.4. The lowest BCUT2D eigenvalue weighted by Crippen LogP contribution is -2.35. The number of para-hydroxylation sites is 1. The van der Waals surface area contributed by atoms with Crippen molar-refractivity contribution >= 4 is 11.4 Å². The molecule has 0 fully saturated rings. The van der Waals surface area contributed by atoms with Gasteiger partial charge in [-0.05, 0) is 18.9 Å². The molecule has 118 valence electrons. The van der Waals surface area contributed by atoms with Gasteiger partial charge in [0.25, 0.3) is 5.69 Å². The van der Waals surface area contributed by atoms with Gasteiger partial charge in [0.1, 0.15) is 5.69 Å². The van der Waals surface area contributed by atoms with Crippen LogP contribution in [0.15, 0.2) is 18.2 Å². The van der Waals surface area contributed by atoms with E-state index in [1.165, 1.54) is 6.07 Å². The molecule has 1 aromatic rings. The molecular formula is C14H24N4O3. The van der Waals surface area contributed by atoms with Crippen molar-refractivity contribution in [2.24, 2.45) is 5.84 Å². The van der Waals surface area contributed by atoms with Gasteiger partial charge in [-0.1, -0.05) is 19.1 Å². The minimum atomic E-state index is -0.429. The number of nitrogen functional groups attached to an aromatic ring is 1. The van der Waals surface area contributed by atoms with Crippen LogP contribution in [0.1, 0.15) is 25.8 Å². The summed E-state index contributed by atoms with van der Waals surface area (Å²) in [5.41, 5.74) is 3.63. The van der Waals surface area contributed by atoms with Gasteiger partial charge in [-0.2, -0.15) is 0 Å². The summed E-state index contributed by atoms with van der Waals surface area (Å²) in [6, 6.07) is 5.33. The van der Waals surface area contributed by atoms with Crippen molar-refractivity contribution < 1.29 is 9.66 Å². The highest BCUT2D eigenvalue weighted by molar-refractivity contribution is 5.65. The van der Waals surface area contributed by atoms with Gasteiger partial charge in [0, 0.05) is 32.3 Å². The number of nitrogens with one attached hydrogen (secondary N) is 1. The molecule has 3 N–H and O–H groups in total. The van der Waals surface area contributed by atoms with Gasteiger partial charge in [-0.25, -0.2) is 0 Å². The van der Waals surface area contributed by atoms with E-state index in [-0.39, 0.29) is 5.69 Å². The summed E-state index contributed by atoms with van der Waals surface area (Å²) in [6.07, 6.45) is 0.990. The number of hydrogen-bond donors (Lipinski definition) is 2. The highest BCUT2D eigenvalue weighted by Crippen LogP contribution is 2.28. The zero-order valence-corrected chi connectivity index (χ0v) is 12.8. The third-order valence-corrected chi connectivity index (χ3v) is 3.64. The predicted octanol–water partition coefficient (Wildman–Crippen LogP) is 2.13. The SMILES string of the molecule is CCC(C)N(CCOC)Cc1cccc([N+](=O)[O-])c1NN. The Labute approximate surface area is 125 Å². The fourth-order valence-corrected chi connectivity index (χ4v) is 2.18. The molecule has 7 nitrogen and oxygen atoms in total. The van der Waals surface area contributed by atoms with Crippen LogP contribution in [0.25, 0.3) is 0 Å². The molecule has 1 unspecified atom stereocenters. The van der Waals surface area contributed by atoms with Gasteiger partial charge in [-0.15, -0.1) is 0 Å². The van der Waals surface area contributed by atoms with E-state index in [0.717, 1.165) is 18.5 Å². The summed E-state index contributed by atoms with van der Waals surface area (Å²) in [7, 11) is 1.66. The fourth-order valence-electron chi connectivity index (χ4n) is 2.18. The lowest BCUT2D eigenvalue weighted by molar-refractivity contribution is -0.384. The average Bonchev–Trinajstić information content (AvgIpc) is 2.49. The maximum Gasteiger partial charge on any atom is 0.293 e. The van der Waals surface area contributed by atoms with Crippen LogP contribution in [-0.2, 0) is 11.3 Å². The number of anilines is 1. The Morgan fingerprint density at radius 2 is 2.24 bits per heavy atom. The first-order valence-electron chi connectivity index (χ1n) is 7.01. The summed E-state index contributed by atoms with van der Waals surface area (Å²) in [5.74, 6) is 5.48. The van der Waals surface area contributed by atoms with E-state index in [9.17, 15) is 10.1 Å². The van der Waals surface area contributed by atoms with E-state index in [4.69, 9.17) is 10.6 Å². The fraction of sp³-hybridized carbons (Fsp3) is 0.571. The number of methoxy groups -OCH3 is 1. The monoisotopic (exact) mass is 296 g/mol. The Bertz CT molecular complexity index is 468. The van der Waals surface area contributed by atoms with Crippen LogP contribution < -0.4 is 11.3 Å². The van der Waals surface area contributed by atoms with Crippen LogP contribution >= 0.6 is 0 Å². The number of nitro benzene ring substituents is 1. The lowest BCUT2D eigenvalue weighted by Gasteiger charge is -2.28. The molecule has 0 aliphatic rings. The van der Waals surface area contributed by atoms with E-state index in [1.54, 1.807) is 13.2 Å². The number of rotatable bonds is 9. The molecule has 0 aromatic heterocycles. The number of nitro groups is 1. The molecule has 1 rings (SSSR count). The van der Waals surface area contributed by atoms with E-state index in [0.29, 0.717) is 24.9 Å². The number of hydrazine groups is 1. The summed E-state index contributed by atoms with van der Waals surface area (Å²) >= 11 is 0. The molecular weight excluding hydrogens is 272 g/mol. The minimum Gasteiger partial charge on any atom is -0.383 e. The molecule has 0 bridgehead atoms. The summed E-state index contributed by atoms with van der Waals surface area (Å²) < 4.78 is 5.13. The van der Waals surface area contributed by atoms with Crippen molar-refractivity contribution in [2.45, 2.75) is 32.9 Å². The molecule has 0 spiro atoms. The van der Waals surface area contributed by atoms with Crippen molar-refractivity contribution in [3.63, 3.8) is 0 Å². The first-order valence-corrected chi connectivity index (χ1v) is 7.01. The van der Waals surface area contributed by atoms with Crippen molar-refractivity contribution in [3.05, 3.63) is 33.9 Å². The quantitative estimate of drug-likeness (QED) is 0.412. The molecule has 0 radical (unpaired) electrons. The van der Waals surface area contributed by atoms with Gasteiger partial charge >= 0.3 is 0 Å². The van der Waals surface area contributed by atoms with Gasteiger partial charge in [-0.3, -0.25) is 20.9 Å². The third kappa shape index (κ3) is 4.66. The van der Waals surface area contributed by atoms with Crippen LogP contribution in [0.2, 0.25) is 0 Å². The number of nitrogens with zero attached hydrogens (tertiary/aromatic N) is 2. The highest BCUT2D eigenvalue weighted by atomic mass is 16.6. The largest absolute Gasteiger partial charge is 0.383 e. The molecule has 0 heterocycles. The van der Waals surface area contributed by atoms with E-state index in [1.807, 2.05) is 6.07 Å². The Hall–Kier alpha value is -1.70. The molecule has 1 aromatic carbocycles. The maximum atomic E-state index is 11.1. The van der Waals surface area contributed by atoms with Gasteiger partial charge in [0.05, 0.1) is 11.5 Å². The predicted molar refractivity (Wildman–Crippen MR) is 82.9 cm³/mol. The van der Waals surface area contributed by atoms with Crippen molar-refractivity contribution in [3.8, 4) is 0 Å². The molecule has 7 heteroatoms. The molecule has 0 aliphatic heterocycles. The van der Waals surface area contributed by atoms with Crippen LogP contribution in [-0.4, -0.2) is 36.1 Å². The molecule has 0 saturated carbocycles. The Morgan fingerprint density at radius 1 is 1.52 bits per heavy atom. The van der Waals surface area contributed by atoms with E-state index >= 15 is 0 Å². The Morgan fingerprint density at radius 3 is 2.76 bits per heavy atom. The molecule has 0 saturated heterocycles. The average molecular weight is 296 g/mol. The van der Waals surface area contributed by atoms with Crippen molar-refractivity contribution in [1.29, 1.82) is 0 Å². The maximum absolute atomic E-state index is 11.1. The zero-order valence-electron chi connectivity index (χ0n) is 12.8. The highest BCUT2D eigenvalue weighted by Gasteiger charge is 2.20. The smallest absolute Gasteiger partial charge is 0.293 e. The first-order chi connectivity index (χ1) is 10.0. The first kappa shape index (κ1) is 17.4. The van der Waals surface area contributed by atoms with Crippen LogP contribution in [0.3, 0.4) is 0 Å². The number of nitrogens with two attached hydrogens (primary N) is 1. The van der Waals surface area contributed by atoms with Gasteiger partial charge in [0.2, 0.25) is 0 Å². The Kier molecular flexibility index (Phi) is 7.07. The van der Waals surface area contributed by atoms with Crippen molar-refractivity contribution in [1.82, 2.24) is 4.90 Å². The second-order valence-electron chi connectivity index (χ2n) is 4.93. The topological polar surface area (TPSA) is 93.7 Å². The molecule has 21 heavy (non-hydrogen) atoms. The van der Waals surface area contributed by atoms with Crippen LogP contribution in [0, 0.1) is 10.1 Å². The number of benzene rings is 1. The number of hydrogen-bond acceptors (Lipinski definition) is 6. The summed E-state index contributed by atoms with van der Waals surface area (Å²) in [5, 5.41) is 11.1. The van der Waals surface area contributed by atoms with Crippen LogP contribution in [0.5, 0.6) is 0 Å². The summed E-state index contributed by atoms with van der Waals surface area (Å²) in [4.78, 5) is 12.9. The zero-order chi connectivity index (χ0) is 15.8. The third-order valence-electron chi connectivity index (χ3n) is 3.64. The molecule has 0 amide bonds. The second kappa shape index (κ2) is 8.56. The lowest BCUT2D eigenvalue weighted by atomic mass is 10.1. The van der Waals surface area contributed by atoms with Gasteiger partial charge in [0.15, 0.2) is 0 Å². The standard InChI is InChI=1S/C14H24N4O3/c1-4-11(2)17(8-9-21-3)10-12-6-5-7-13(18(19)20)14(12)16-15/h5-7,11,16H,4,8-10,15H2,1-3H3. The van der Waals surface area contributed by atoms with Crippen LogP contribution in [0.4, 0.5) is 11.4 Å². The second-order valence-corrected chi connectivity index (χ2v) is 4.93. The van der Waals surface area contributed by atoms with Gasteiger partial charge < -0.3 is 10.2 Å². The molecule has 1 atom stereocenters. The number of ether oxygens (including phenoxy) is 1. The van der Waals surface area contributed by atoms with E-state index in [2.05, 4.69) is 24.2 Å². The van der Waals surface area contributed by atoms with Crippen molar-refractivity contribution in [2.75, 3.05) is 25.7 Å². The summed E-state index contributed by atoms with van der Waals surface area (Å²) in [6.45, 7) is 6.20. The van der Waals surface area contributed by atoms with E-state index < -0.39 is 4.92 Å².